The first-order valence-electron chi connectivity index (χ1n) is 3.00. The van der Waals surface area contributed by atoms with Crippen LogP contribution in [0.2, 0.25) is 0 Å². The molecule has 0 atom stereocenters. The molecule has 0 rings (SSSR count). The number of hydrogen-bond donors (Lipinski definition) is 1. The summed E-state index contributed by atoms with van der Waals surface area (Å²) in [4.78, 5) is 0. The molecule has 0 heterocycles. The zero-order valence-corrected chi connectivity index (χ0v) is 7.24. The average molecular weight is 190 g/mol. The van der Waals surface area contributed by atoms with Crippen LogP contribution in [0, 0.1) is 0 Å². The molecule has 1 N–H and O–H groups in total. The minimum absolute atomic E-state index is 0.906. The fourth-order valence-corrected chi connectivity index (χ4v) is 0.559. The smallest absolute Gasteiger partial charge is 0.0148 e. The van der Waals surface area contributed by atoms with E-state index >= 15 is 0 Å². The fraction of sp³-hybridized carbons (Fsp3) is 0.429. The summed E-state index contributed by atoms with van der Waals surface area (Å²) in [5.41, 5.74) is 0. The Morgan fingerprint density at radius 3 is 2.89 bits per heavy atom. The second-order valence-corrected chi connectivity index (χ2v) is 2.52. The maximum absolute atomic E-state index is 3.60. The Labute approximate surface area is 65.0 Å². The molecule has 0 amide bonds. The molecule has 0 aliphatic rings. The Hall–Kier alpha value is -0.0800. The van der Waals surface area contributed by atoms with E-state index in [1.807, 2.05) is 6.08 Å². The molecule has 2 heteroatoms. The SMILES string of the molecule is C=C/C(Br)=C\CNCC. The average Bonchev–Trinajstić information content (AvgIpc) is 1.89. The molecule has 0 radical (unpaired) electrons. The van der Waals surface area contributed by atoms with Gasteiger partial charge in [-0.15, -0.1) is 0 Å². The molecular formula is C7H12BrN. The molecule has 0 aromatic carbocycles. The highest BCUT2D eigenvalue weighted by Gasteiger charge is 1.79. The minimum Gasteiger partial charge on any atom is -0.314 e. The lowest BCUT2D eigenvalue weighted by Gasteiger charge is -1.92. The number of rotatable bonds is 4. The number of hydrogen-bond acceptors (Lipinski definition) is 1. The summed E-state index contributed by atoms with van der Waals surface area (Å²) in [5, 5.41) is 3.16. The van der Waals surface area contributed by atoms with Gasteiger partial charge < -0.3 is 5.32 Å². The summed E-state index contributed by atoms with van der Waals surface area (Å²) in [5.74, 6) is 0. The van der Waals surface area contributed by atoms with Gasteiger partial charge in [0.25, 0.3) is 0 Å². The fourth-order valence-electron chi connectivity index (χ4n) is 0.397. The number of nitrogens with one attached hydrogen (secondary N) is 1. The van der Waals surface area contributed by atoms with E-state index in [1.54, 1.807) is 6.08 Å². The molecule has 0 spiro atoms. The summed E-state index contributed by atoms with van der Waals surface area (Å²) < 4.78 is 1.04. The van der Waals surface area contributed by atoms with Gasteiger partial charge in [-0.25, -0.2) is 0 Å². The van der Waals surface area contributed by atoms with Crippen LogP contribution in [0.1, 0.15) is 6.92 Å². The monoisotopic (exact) mass is 189 g/mol. The van der Waals surface area contributed by atoms with Crippen molar-refractivity contribution in [3.63, 3.8) is 0 Å². The predicted molar refractivity (Wildman–Crippen MR) is 45.8 cm³/mol. The first kappa shape index (κ1) is 8.92. The largest absolute Gasteiger partial charge is 0.314 e. The van der Waals surface area contributed by atoms with Gasteiger partial charge in [0.1, 0.15) is 0 Å². The highest BCUT2D eigenvalue weighted by molar-refractivity contribution is 9.11. The maximum atomic E-state index is 3.60. The van der Waals surface area contributed by atoms with E-state index in [0.29, 0.717) is 0 Å². The van der Waals surface area contributed by atoms with Gasteiger partial charge in [0.15, 0.2) is 0 Å². The second-order valence-electron chi connectivity index (χ2n) is 1.60. The maximum Gasteiger partial charge on any atom is 0.0148 e. The summed E-state index contributed by atoms with van der Waals surface area (Å²) in [6.45, 7) is 7.59. The van der Waals surface area contributed by atoms with Crippen molar-refractivity contribution in [2.24, 2.45) is 0 Å². The van der Waals surface area contributed by atoms with Crippen molar-refractivity contribution in [2.45, 2.75) is 6.92 Å². The van der Waals surface area contributed by atoms with Crippen molar-refractivity contribution in [2.75, 3.05) is 13.1 Å². The van der Waals surface area contributed by atoms with Gasteiger partial charge in [-0.1, -0.05) is 41.6 Å². The van der Waals surface area contributed by atoms with Crippen LogP contribution >= 0.6 is 15.9 Å². The molecule has 0 aromatic rings. The van der Waals surface area contributed by atoms with Gasteiger partial charge in [0, 0.05) is 11.0 Å². The van der Waals surface area contributed by atoms with Crippen molar-refractivity contribution in [1.29, 1.82) is 0 Å². The van der Waals surface area contributed by atoms with Crippen molar-refractivity contribution in [3.05, 3.63) is 23.2 Å². The van der Waals surface area contributed by atoms with Crippen LogP contribution in [0.3, 0.4) is 0 Å². The molecular weight excluding hydrogens is 178 g/mol. The van der Waals surface area contributed by atoms with Gasteiger partial charge in [-0.3, -0.25) is 0 Å². The minimum atomic E-state index is 0.906. The van der Waals surface area contributed by atoms with E-state index in [-0.39, 0.29) is 0 Å². The van der Waals surface area contributed by atoms with Crippen LogP contribution in [-0.4, -0.2) is 13.1 Å². The van der Waals surface area contributed by atoms with Gasteiger partial charge >= 0.3 is 0 Å². The van der Waals surface area contributed by atoms with E-state index in [2.05, 4.69) is 34.7 Å². The quantitative estimate of drug-likeness (QED) is 0.528. The molecule has 52 valence electrons. The summed E-state index contributed by atoms with van der Waals surface area (Å²) in [7, 11) is 0. The molecule has 0 fully saturated rings. The highest BCUT2D eigenvalue weighted by atomic mass is 79.9. The van der Waals surface area contributed by atoms with Gasteiger partial charge in [-0.2, -0.15) is 0 Å². The van der Waals surface area contributed by atoms with E-state index in [1.165, 1.54) is 0 Å². The Kier molecular flexibility index (Phi) is 5.99. The van der Waals surface area contributed by atoms with Gasteiger partial charge in [-0.05, 0) is 6.54 Å². The topological polar surface area (TPSA) is 12.0 Å². The predicted octanol–water partition coefficient (Wildman–Crippen LogP) is 2.06. The third-order valence-electron chi connectivity index (χ3n) is 0.886. The zero-order valence-electron chi connectivity index (χ0n) is 5.65. The molecule has 0 aromatic heterocycles. The van der Waals surface area contributed by atoms with Gasteiger partial charge in [0.2, 0.25) is 0 Å². The lowest BCUT2D eigenvalue weighted by molar-refractivity contribution is 0.799. The third-order valence-corrected chi connectivity index (χ3v) is 1.53. The van der Waals surface area contributed by atoms with Crippen molar-refractivity contribution in [3.8, 4) is 0 Å². The molecule has 0 aliphatic heterocycles. The van der Waals surface area contributed by atoms with Crippen LogP contribution in [0.4, 0.5) is 0 Å². The first-order valence-corrected chi connectivity index (χ1v) is 3.79. The molecule has 0 bridgehead atoms. The molecule has 0 unspecified atom stereocenters. The summed E-state index contributed by atoms with van der Waals surface area (Å²) in [6.07, 6.45) is 3.81. The van der Waals surface area contributed by atoms with Crippen LogP contribution < -0.4 is 5.32 Å². The van der Waals surface area contributed by atoms with Crippen LogP contribution in [-0.2, 0) is 0 Å². The Bertz CT molecular complexity index is 107. The van der Waals surface area contributed by atoms with Gasteiger partial charge in [0.05, 0.1) is 0 Å². The summed E-state index contributed by atoms with van der Waals surface area (Å²) in [6, 6.07) is 0. The molecule has 0 aliphatic carbocycles. The number of likely N-dealkylation sites (N-methyl/N-ethyl adjacent to an activating group) is 1. The standard InChI is InChI=1S/C7H12BrN/c1-3-7(8)5-6-9-4-2/h3,5,9H,1,4,6H2,2H3/b7-5+. The first-order chi connectivity index (χ1) is 4.31. The molecule has 0 saturated heterocycles. The Balaban J connectivity index is 3.31. The Morgan fingerprint density at radius 2 is 2.44 bits per heavy atom. The van der Waals surface area contributed by atoms with Crippen LogP contribution in [0.15, 0.2) is 23.2 Å². The van der Waals surface area contributed by atoms with E-state index in [9.17, 15) is 0 Å². The normalized spacial score (nSPS) is 11.6. The van der Waals surface area contributed by atoms with Crippen molar-refractivity contribution in [1.82, 2.24) is 5.32 Å². The zero-order chi connectivity index (χ0) is 7.11. The van der Waals surface area contributed by atoms with E-state index < -0.39 is 0 Å². The van der Waals surface area contributed by atoms with Crippen LogP contribution in [0.5, 0.6) is 0 Å². The molecule has 9 heavy (non-hydrogen) atoms. The Morgan fingerprint density at radius 1 is 1.78 bits per heavy atom. The summed E-state index contributed by atoms with van der Waals surface area (Å²) >= 11 is 3.31. The molecule has 1 nitrogen and oxygen atoms in total. The second kappa shape index (κ2) is 6.05. The highest BCUT2D eigenvalue weighted by Crippen LogP contribution is 2.02. The van der Waals surface area contributed by atoms with Crippen LogP contribution in [0.25, 0.3) is 0 Å². The van der Waals surface area contributed by atoms with Crippen molar-refractivity contribution < 1.29 is 0 Å². The lowest BCUT2D eigenvalue weighted by Crippen LogP contribution is -2.11. The number of halogens is 1. The third kappa shape index (κ3) is 5.80. The van der Waals surface area contributed by atoms with E-state index in [0.717, 1.165) is 17.6 Å². The van der Waals surface area contributed by atoms with E-state index in [4.69, 9.17) is 0 Å². The van der Waals surface area contributed by atoms with Crippen molar-refractivity contribution >= 4 is 15.9 Å². The lowest BCUT2D eigenvalue weighted by atomic mass is 10.5. The number of allylic oxidation sites excluding steroid dienone is 2. The molecule has 0 saturated carbocycles.